The predicted molar refractivity (Wildman–Crippen MR) is 79.2 cm³/mol. The van der Waals surface area contributed by atoms with Crippen LogP contribution in [-0.4, -0.2) is 45.6 Å². The second-order valence-corrected chi connectivity index (χ2v) is 7.07. The minimum Gasteiger partial charge on any atom is -0.359 e. The van der Waals surface area contributed by atoms with Gasteiger partial charge in [0.2, 0.25) is 5.91 Å². The lowest BCUT2D eigenvalue weighted by Crippen LogP contribution is -2.33. The van der Waals surface area contributed by atoms with Gasteiger partial charge in [0.25, 0.3) is 0 Å². The van der Waals surface area contributed by atoms with Gasteiger partial charge in [0.05, 0.1) is 4.90 Å². The summed E-state index contributed by atoms with van der Waals surface area (Å²) in [4.78, 5) is 13.7. The van der Waals surface area contributed by atoms with Crippen LogP contribution in [0.25, 0.3) is 0 Å². The highest BCUT2D eigenvalue weighted by Gasteiger charge is 2.13. The molecule has 0 heterocycles. The third kappa shape index (κ3) is 4.94. The summed E-state index contributed by atoms with van der Waals surface area (Å²) >= 11 is 0. The molecule has 1 N–H and O–H groups in total. The van der Waals surface area contributed by atoms with E-state index < -0.39 is 9.84 Å². The number of hydrogen-bond donors (Lipinski definition) is 1. The molecule has 5 nitrogen and oxygen atoms in total. The van der Waals surface area contributed by atoms with Crippen molar-refractivity contribution in [3.63, 3.8) is 0 Å². The van der Waals surface area contributed by atoms with Crippen molar-refractivity contribution in [2.45, 2.75) is 30.8 Å². The molecule has 1 atom stereocenters. The van der Waals surface area contributed by atoms with E-state index in [2.05, 4.69) is 10.2 Å². The van der Waals surface area contributed by atoms with Gasteiger partial charge < -0.3 is 5.32 Å². The van der Waals surface area contributed by atoms with E-state index in [-0.39, 0.29) is 11.9 Å². The summed E-state index contributed by atoms with van der Waals surface area (Å²) in [7, 11) is 0.416. The molecule has 0 unspecified atom stereocenters. The molecular formula is C14H22N2O3S. The fraction of sp³-hybridized carbons (Fsp3) is 0.500. The van der Waals surface area contributed by atoms with Crippen molar-refractivity contribution in [3.8, 4) is 0 Å². The highest BCUT2D eigenvalue weighted by atomic mass is 32.2. The summed E-state index contributed by atoms with van der Waals surface area (Å²) in [6.07, 6.45) is 1.63. The second kappa shape index (κ2) is 6.85. The molecule has 6 heteroatoms. The first-order valence-electron chi connectivity index (χ1n) is 6.44. The number of amides is 1. The molecule has 0 aliphatic heterocycles. The Balaban J connectivity index is 2.67. The van der Waals surface area contributed by atoms with Gasteiger partial charge in [0.15, 0.2) is 9.84 Å². The van der Waals surface area contributed by atoms with E-state index in [9.17, 15) is 13.2 Å². The molecule has 112 valence electrons. The molecule has 0 aromatic heterocycles. The van der Waals surface area contributed by atoms with Gasteiger partial charge in [0.1, 0.15) is 0 Å². The van der Waals surface area contributed by atoms with Gasteiger partial charge in [0, 0.05) is 32.3 Å². The molecule has 0 fully saturated rings. The number of benzene rings is 1. The smallest absolute Gasteiger partial charge is 0.221 e. The minimum absolute atomic E-state index is 0.0109. The molecule has 20 heavy (non-hydrogen) atoms. The van der Waals surface area contributed by atoms with Crippen LogP contribution in [-0.2, 0) is 21.2 Å². The first-order chi connectivity index (χ1) is 9.24. The van der Waals surface area contributed by atoms with Crippen LogP contribution in [0.5, 0.6) is 0 Å². The van der Waals surface area contributed by atoms with Crippen LogP contribution in [0.1, 0.15) is 18.9 Å². The van der Waals surface area contributed by atoms with Crippen LogP contribution < -0.4 is 5.32 Å². The van der Waals surface area contributed by atoms with Crippen LogP contribution in [0.2, 0.25) is 0 Å². The predicted octanol–water partition coefficient (Wildman–Crippen LogP) is 1.05. The number of carbonyl (C=O) groups excluding carboxylic acids is 1. The Morgan fingerprint density at radius 1 is 1.30 bits per heavy atom. The summed E-state index contributed by atoms with van der Waals surface area (Å²) in [6, 6.07) is 6.95. The van der Waals surface area contributed by atoms with Crippen LogP contribution in [0.3, 0.4) is 0 Å². The highest BCUT2D eigenvalue weighted by Crippen LogP contribution is 2.13. The Labute approximate surface area is 120 Å². The lowest BCUT2D eigenvalue weighted by atomic mass is 10.1. The average molecular weight is 298 g/mol. The fourth-order valence-electron chi connectivity index (χ4n) is 1.81. The maximum absolute atomic E-state index is 11.4. The molecule has 0 radical (unpaired) electrons. The zero-order valence-corrected chi connectivity index (χ0v) is 13.2. The second-order valence-electron chi connectivity index (χ2n) is 5.06. The van der Waals surface area contributed by atoms with E-state index in [0.29, 0.717) is 17.9 Å². The van der Waals surface area contributed by atoms with E-state index in [1.165, 1.54) is 6.26 Å². The topological polar surface area (TPSA) is 66.5 Å². The molecule has 1 rings (SSSR count). The molecule has 0 saturated heterocycles. The normalized spacial score (nSPS) is 13.2. The van der Waals surface area contributed by atoms with Gasteiger partial charge in [-0.25, -0.2) is 8.42 Å². The Kier molecular flexibility index (Phi) is 5.71. The average Bonchev–Trinajstić information content (AvgIpc) is 2.38. The maximum atomic E-state index is 11.4. The SMILES string of the molecule is CNC(=O)C[C@H](C)N(C)Cc1ccc(S(C)(=O)=O)cc1. The quantitative estimate of drug-likeness (QED) is 0.852. The first-order valence-corrected chi connectivity index (χ1v) is 8.33. The number of nitrogens with zero attached hydrogens (tertiary/aromatic N) is 1. The molecule has 0 aliphatic rings. The van der Waals surface area contributed by atoms with Crippen LogP contribution >= 0.6 is 0 Å². The van der Waals surface area contributed by atoms with E-state index in [1.807, 2.05) is 14.0 Å². The molecular weight excluding hydrogens is 276 g/mol. The van der Waals surface area contributed by atoms with Crippen LogP contribution in [0, 0.1) is 0 Å². The number of sulfone groups is 1. The third-order valence-corrected chi connectivity index (χ3v) is 4.42. The summed E-state index contributed by atoms with van der Waals surface area (Å²) in [5.74, 6) is 0.0109. The van der Waals surface area contributed by atoms with Crippen molar-refractivity contribution in [1.82, 2.24) is 10.2 Å². The molecule has 1 amide bonds. The zero-order valence-electron chi connectivity index (χ0n) is 12.4. The first kappa shape index (κ1) is 16.7. The Morgan fingerprint density at radius 3 is 2.30 bits per heavy atom. The number of hydrogen-bond acceptors (Lipinski definition) is 4. The molecule has 0 spiro atoms. The lowest BCUT2D eigenvalue weighted by Gasteiger charge is -2.24. The Hall–Kier alpha value is -1.40. The largest absolute Gasteiger partial charge is 0.359 e. The lowest BCUT2D eigenvalue weighted by molar-refractivity contribution is -0.121. The zero-order chi connectivity index (χ0) is 15.3. The highest BCUT2D eigenvalue weighted by molar-refractivity contribution is 7.90. The van der Waals surface area contributed by atoms with E-state index in [0.717, 1.165) is 5.56 Å². The summed E-state index contributed by atoms with van der Waals surface area (Å²) in [5.41, 5.74) is 1.02. The van der Waals surface area contributed by atoms with Crippen molar-refractivity contribution < 1.29 is 13.2 Å². The maximum Gasteiger partial charge on any atom is 0.221 e. The monoisotopic (exact) mass is 298 g/mol. The number of rotatable bonds is 6. The van der Waals surface area contributed by atoms with Gasteiger partial charge >= 0.3 is 0 Å². The van der Waals surface area contributed by atoms with Crippen molar-refractivity contribution >= 4 is 15.7 Å². The molecule has 1 aromatic rings. The third-order valence-electron chi connectivity index (χ3n) is 3.30. The van der Waals surface area contributed by atoms with Gasteiger partial charge in [-0.1, -0.05) is 12.1 Å². The van der Waals surface area contributed by atoms with Gasteiger partial charge in [-0.05, 0) is 31.7 Å². The van der Waals surface area contributed by atoms with Crippen LogP contribution in [0.15, 0.2) is 29.2 Å². The minimum atomic E-state index is -3.15. The summed E-state index contributed by atoms with van der Waals surface area (Å²) < 4.78 is 22.7. The number of nitrogens with one attached hydrogen (secondary N) is 1. The van der Waals surface area contributed by atoms with Crippen molar-refractivity contribution in [3.05, 3.63) is 29.8 Å². The Morgan fingerprint density at radius 2 is 1.85 bits per heavy atom. The molecule has 1 aromatic carbocycles. The number of carbonyl (C=O) groups is 1. The van der Waals surface area contributed by atoms with E-state index in [4.69, 9.17) is 0 Å². The van der Waals surface area contributed by atoms with Gasteiger partial charge in [-0.3, -0.25) is 9.69 Å². The van der Waals surface area contributed by atoms with Crippen molar-refractivity contribution in [2.24, 2.45) is 0 Å². The van der Waals surface area contributed by atoms with Crippen LogP contribution in [0.4, 0.5) is 0 Å². The van der Waals surface area contributed by atoms with E-state index in [1.54, 1.807) is 31.3 Å². The van der Waals surface area contributed by atoms with E-state index >= 15 is 0 Å². The summed E-state index contributed by atoms with van der Waals surface area (Å²) in [6.45, 7) is 2.66. The fourth-order valence-corrected chi connectivity index (χ4v) is 2.44. The van der Waals surface area contributed by atoms with Crippen molar-refractivity contribution in [1.29, 1.82) is 0 Å². The summed E-state index contributed by atoms with van der Waals surface area (Å²) in [5, 5.41) is 2.61. The van der Waals surface area contributed by atoms with Crippen molar-refractivity contribution in [2.75, 3.05) is 20.4 Å². The standard InChI is InChI=1S/C14H22N2O3S/c1-11(9-14(17)15-2)16(3)10-12-5-7-13(8-6-12)20(4,18)19/h5-8,11H,9-10H2,1-4H3,(H,15,17)/t11-/m0/s1. The molecule has 0 aliphatic carbocycles. The van der Waals surface area contributed by atoms with Gasteiger partial charge in [-0.2, -0.15) is 0 Å². The Bertz CT molecular complexity index is 552. The molecule has 0 saturated carbocycles. The molecule has 0 bridgehead atoms. The van der Waals surface area contributed by atoms with Gasteiger partial charge in [-0.15, -0.1) is 0 Å².